The van der Waals surface area contributed by atoms with Crippen LogP contribution in [0, 0.1) is 0 Å². The molecule has 1 aliphatic rings. The number of benzene rings is 1. The molecule has 18 heavy (non-hydrogen) atoms. The van der Waals surface area contributed by atoms with Gasteiger partial charge in [-0.05, 0) is 24.1 Å². The number of sulfone groups is 1. The van der Waals surface area contributed by atoms with Gasteiger partial charge in [0.05, 0.1) is 23.1 Å². The van der Waals surface area contributed by atoms with Crippen LogP contribution in [0.3, 0.4) is 0 Å². The SMILES string of the molecule is NOCCc1ccc(OC2CS(=O)(=O)C2)c(Cl)c1. The Morgan fingerprint density at radius 1 is 1.39 bits per heavy atom. The average Bonchev–Trinajstić information content (AvgIpc) is 2.27. The van der Waals surface area contributed by atoms with Gasteiger partial charge < -0.3 is 9.57 Å². The summed E-state index contributed by atoms with van der Waals surface area (Å²) < 4.78 is 27.5. The van der Waals surface area contributed by atoms with Gasteiger partial charge in [-0.2, -0.15) is 0 Å². The molecule has 1 fully saturated rings. The minimum atomic E-state index is -2.88. The molecule has 0 aliphatic carbocycles. The fourth-order valence-corrected chi connectivity index (χ4v) is 3.16. The van der Waals surface area contributed by atoms with Crippen LogP contribution in [0.15, 0.2) is 18.2 Å². The summed E-state index contributed by atoms with van der Waals surface area (Å²) in [6, 6.07) is 5.36. The lowest BCUT2D eigenvalue weighted by Gasteiger charge is -2.27. The van der Waals surface area contributed by atoms with Gasteiger partial charge in [0.1, 0.15) is 11.9 Å². The first kappa shape index (κ1) is 13.6. The largest absolute Gasteiger partial charge is 0.487 e. The molecule has 0 unspecified atom stereocenters. The van der Waals surface area contributed by atoms with Crippen molar-refractivity contribution < 1.29 is 18.0 Å². The standard InChI is InChI=1S/C11H14ClNO4S/c12-10-5-8(3-4-16-13)1-2-11(10)17-9-6-18(14,15)7-9/h1-2,5,9H,3-4,6-7,13H2. The molecule has 0 atom stereocenters. The summed E-state index contributed by atoms with van der Waals surface area (Å²) >= 11 is 6.06. The van der Waals surface area contributed by atoms with E-state index in [0.717, 1.165) is 5.56 Å². The highest BCUT2D eigenvalue weighted by molar-refractivity contribution is 7.92. The highest BCUT2D eigenvalue weighted by atomic mass is 35.5. The number of nitrogens with two attached hydrogens (primary N) is 1. The number of halogens is 1. The second kappa shape index (κ2) is 5.44. The van der Waals surface area contributed by atoms with Crippen molar-refractivity contribution in [3.05, 3.63) is 28.8 Å². The van der Waals surface area contributed by atoms with Crippen LogP contribution in [0.5, 0.6) is 5.75 Å². The van der Waals surface area contributed by atoms with Crippen molar-refractivity contribution >= 4 is 21.4 Å². The zero-order valence-electron chi connectivity index (χ0n) is 9.63. The number of hydrogen-bond acceptors (Lipinski definition) is 5. The Morgan fingerprint density at radius 2 is 2.11 bits per heavy atom. The maximum absolute atomic E-state index is 11.0. The zero-order chi connectivity index (χ0) is 13.2. The lowest BCUT2D eigenvalue weighted by Crippen LogP contribution is -2.45. The van der Waals surface area contributed by atoms with Gasteiger partial charge >= 0.3 is 0 Å². The fourth-order valence-electron chi connectivity index (χ4n) is 1.74. The molecule has 1 aromatic rings. The van der Waals surface area contributed by atoms with E-state index in [0.29, 0.717) is 23.8 Å². The molecule has 0 radical (unpaired) electrons. The summed E-state index contributed by atoms with van der Waals surface area (Å²) in [5, 5.41) is 0.466. The second-order valence-electron chi connectivity index (χ2n) is 4.20. The van der Waals surface area contributed by atoms with Crippen LogP contribution >= 0.6 is 11.6 Å². The number of ether oxygens (including phenoxy) is 1. The van der Waals surface area contributed by atoms with Crippen molar-refractivity contribution in [3.63, 3.8) is 0 Å². The fraction of sp³-hybridized carbons (Fsp3) is 0.455. The molecule has 0 bridgehead atoms. The zero-order valence-corrected chi connectivity index (χ0v) is 11.2. The Bertz CT molecular complexity index is 520. The summed E-state index contributed by atoms with van der Waals surface area (Å²) in [5.74, 6) is 5.58. The molecule has 0 saturated carbocycles. The molecule has 0 aromatic heterocycles. The second-order valence-corrected chi connectivity index (χ2v) is 6.76. The van der Waals surface area contributed by atoms with Crippen molar-refractivity contribution in [1.82, 2.24) is 0 Å². The Balaban J connectivity index is 1.97. The average molecular weight is 292 g/mol. The van der Waals surface area contributed by atoms with E-state index < -0.39 is 9.84 Å². The van der Waals surface area contributed by atoms with E-state index in [4.69, 9.17) is 22.2 Å². The Labute approximate surface area is 111 Å². The van der Waals surface area contributed by atoms with Crippen LogP contribution in [0.25, 0.3) is 0 Å². The molecule has 1 heterocycles. The molecule has 1 aromatic carbocycles. The molecule has 0 amide bonds. The Hall–Kier alpha value is -0.820. The normalized spacial score (nSPS) is 18.3. The van der Waals surface area contributed by atoms with Gasteiger partial charge in [0.25, 0.3) is 0 Å². The summed E-state index contributed by atoms with van der Waals surface area (Å²) in [7, 11) is -2.88. The predicted octanol–water partition coefficient (Wildman–Crippen LogP) is 0.949. The van der Waals surface area contributed by atoms with Crippen molar-refractivity contribution in [2.45, 2.75) is 12.5 Å². The third-order valence-electron chi connectivity index (χ3n) is 2.68. The third kappa shape index (κ3) is 3.35. The quantitative estimate of drug-likeness (QED) is 0.817. The predicted molar refractivity (Wildman–Crippen MR) is 68.4 cm³/mol. The van der Waals surface area contributed by atoms with E-state index in [1.165, 1.54) is 0 Å². The molecule has 1 saturated heterocycles. The van der Waals surface area contributed by atoms with Crippen molar-refractivity contribution in [1.29, 1.82) is 0 Å². The van der Waals surface area contributed by atoms with E-state index in [9.17, 15) is 8.42 Å². The third-order valence-corrected chi connectivity index (χ3v) is 4.73. The smallest absolute Gasteiger partial charge is 0.157 e. The van der Waals surface area contributed by atoms with Crippen molar-refractivity contribution in [2.75, 3.05) is 18.1 Å². The molecule has 5 nitrogen and oxygen atoms in total. The molecule has 2 rings (SSSR count). The number of rotatable bonds is 5. The van der Waals surface area contributed by atoms with Crippen LogP contribution in [-0.4, -0.2) is 32.6 Å². The topological polar surface area (TPSA) is 78.6 Å². The molecule has 2 N–H and O–H groups in total. The molecule has 7 heteroatoms. The van der Waals surface area contributed by atoms with E-state index in [-0.39, 0.29) is 17.6 Å². The monoisotopic (exact) mass is 291 g/mol. The minimum absolute atomic E-state index is 0.0616. The van der Waals surface area contributed by atoms with Gasteiger partial charge in [0.2, 0.25) is 0 Å². The first-order valence-corrected chi connectivity index (χ1v) is 7.67. The van der Waals surface area contributed by atoms with Gasteiger partial charge in [0.15, 0.2) is 9.84 Å². The highest BCUT2D eigenvalue weighted by Crippen LogP contribution is 2.28. The van der Waals surface area contributed by atoms with Gasteiger partial charge in [0, 0.05) is 0 Å². The van der Waals surface area contributed by atoms with Crippen molar-refractivity contribution in [3.8, 4) is 5.75 Å². The van der Waals surface area contributed by atoms with Crippen LogP contribution < -0.4 is 10.6 Å². The minimum Gasteiger partial charge on any atom is -0.487 e. The first-order valence-electron chi connectivity index (χ1n) is 5.47. The van der Waals surface area contributed by atoms with Crippen LogP contribution in [-0.2, 0) is 21.1 Å². The molecule has 0 spiro atoms. The summed E-state index contributed by atoms with van der Waals surface area (Å²) in [4.78, 5) is 4.49. The van der Waals surface area contributed by atoms with E-state index in [2.05, 4.69) is 4.84 Å². The number of hydrogen-bond donors (Lipinski definition) is 1. The van der Waals surface area contributed by atoms with Gasteiger partial charge in [-0.3, -0.25) is 0 Å². The maximum atomic E-state index is 11.0. The van der Waals surface area contributed by atoms with Crippen LogP contribution in [0.2, 0.25) is 5.02 Å². The molecule has 100 valence electrons. The molecule has 1 aliphatic heterocycles. The van der Waals surface area contributed by atoms with E-state index >= 15 is 0 Å². The van der Waals surface area contributed by atoms with E-state index in [1.807, 2.05) is 6.07 Å². The summed E-state index contributed by atoms with van der Waals surface area (Å²) in [6.45, 7) is 0.414. The van der Waals surface area contributed by atoms with Crippen molar-refractivity contribution in [2.24, 2.45) is 5.90 Å². The Morgan fingerprint density at radius 3 is 2.67 bits per heavy atom. The van der Waals surface area contributed by atoms with Crippen LogP contribution in [0.1, 0.15) is 5.56 Å². The van der Waals surface area contributed by atoms with Gasteiger partial charge in [-0.1, -0.05) is 17.7 Å². The van der Waals surface area contributed by atoms with Crippen LogP contribution in [0.4, 0.5) is 0 Å². The van der Waals surface area contributed by atoms with E-state index in [1.54, 1.807) is 12.1 Å². The molecular weight excluding hydrogens is 278 g/mol. The van der Waals surface area contributed by atoms with Gasteiger partial charge in [-0.15, -0.1) is 0 Å². The molecular formula is C11H14ClNO4S. The first-order chi connectivity index (χ1) is 8.50. The summed E-state index contributed by atoms with van der Waals surface area (Å²) in [5.41, 5.74) is 0.985. The maximum Gasteiger partial charge on any atom is 0.157 e. The lowest BCUT2D eigenvalue weighted by molar-refractivity contribution is 0.141. The highest BCUT2D eigenvalue weighted by Gasteiger charge is 2.35. The van der Waals surface area contributed by atoms with Gasteiger partial charge in [-0.25, -0.2) is 14.3 Å². The Kier molecular flexibility index (Phi) is 4.11. The lowest BCUT2D eigenvalue weighted by atomic mass is 10.1. The summed E-state index contributed by atoms with van der Waals surface area (Å²) in [6.07, 6.45) is 0.375.